The third kappa shape index (κ3) is 4.40. The van der Waals surface area contributed by atoms with Crippen LogP contribution in [0.5, 0.6) is 0 Å². The highest BCUT2D eigenvalue weighted by atomic mass is 16.5. The highest BCUT2D eigenvalue weighted by Crippen LogP contribution is 2.29. The van der Waals surface area contributed by atoms with Crippen molar-refractivity contribution >= 4 is 17.5 Å². The first-order valence-corrected chi connectivity index (χ1v) is 10.1. The number of anilines is 1. The molecular formula is C23H24N4O3. The van der Waals surface area contributed by atoms with Crippen LogP contribution in [0.3, 0.4) is 0 Å². The van der Waals surface area contributed by atoms with Crippen LogP contribution in [-0.2, 0) is 4.79 Å². The van der Waals surface area contributed by atoms with Crippen molar-refractivity contribution in [2.24, 2.45) is 0 Å². The third-order valence-electron chi connectivity index (χ3n) is 5.34. The van der Waals surface area contributed by atoms with E-state index >= 15 is 0 Å². The predicted octanol–water partition coefficient (Wildman–Crippen LogP) is 4.02. The van der Waals surface area contributed by atoms with Gasteiger partial charge in [-0.2, -0.15) is 4.98 Å². The summed E-state index contributed by atoms with van der Waals surface area (Å²) in [6, 6.07) is 15.0. The minimum atomic E-state index is -0.136. The second kappa shape index (κ2) is 8.49. The van der Waals surface area contributed by atoms with Crippen LogP contribution in [0.15, 0.2) is 53.1 Å². The molecule has 2 aromatic carbocycles. The van der Waals surface area contributed by atoms with E-state index in [-0.39, 0.29) is 17.7 Å². The van der Waals surface area contributed by atoms with Crippen LogP contribution in [0.2, 0.25) is 0 Å². The Bertz CT molecular complexity index is 1030. The smallest absolute Gasteiger partial charge is 0.253 e. The topological polar surface area (TPSA) is 88.3 Å². The number of nitrogens with one attached hydrogen (secondary N) is 1. The maximum absolute atomic E-state index is 12.8. The minimum Gasteiger partial charge on any atom is -0.339 e. The number of amides is 2. The SMILES string of the molecule is CC(=O)Nc1ccc(C(=O)N2CCC(c3nc(-c4ccc(C)cc4)no3)CC2)cc1. The first kappa shape index (κ1) is 19.8. The second-order valence-electron chi connectivity index (χ2n) is 7.65. The number of carbonyl (C=O) groups excluding carboxylic acids is 2. The molecule has 3 aromatic rings. The zero-order chi connectivity index (χ0) is 21.1. The summed E-state index contributed by atoms with van der Waals surface area (Å²) in [5.74, 6) is 1.25. The molecule has 0 atom stereocenters. The van der Waals surface area contributed by atoms with Crippen molar-refractivity contribution in [2.75, 3.05) is 18.4 Å². The summed E-state index contributed by atoms with van der Waals surface area (Å²) in [5.41, 5.74) is 3.41. The standard InChI is InChI=1S/C23H24N4O3/c1-15-3-5-17(6-4-15)21-25-22(30-26-21)18-11-13-27(14-12-18)23(29)19-7-9-20(10-8-19)24-16(2)28/h3-10,18H,11-14H2,1-2H3,(H,24,28). The van der Waals surface area contributed by atoms with Crippen molar-refractivity contribution < 1.29 is 14.1 Å². The maximum atomic E-state index is 12.8. The Kier molecular flexibility index (Phi) is 5.61. The lowest BCUT2D eigenvalue weighted by Gasteiger charge is -2.30. The number of aryl methyl sites for hydroxylation is 1. The van der Waals surface area contributed by atoms with Crippen molar-refractivity contribution in [1.29, 1.82) is 0 Å². The van der Waals surface area contributed by atoms with Crippen LogP contribution in [0, 0.1) is 6.92 Å². The van der Waals surface area contributed by atoms with E-state index in [2.05, 4.69) is 15.5 Å². The third-order valence-corrected chi connectivity index (χ3v) is 5.34. The van der Waals surface area contributed by atoms with Crippen molar-refractivity contribution in [3.8, 4) is 11.4 Å². The normalized spacial score (nSPS) is 14.5. The van der Waals surface area contributed by atoms with E-state index in [1.165, 1.54) is 12.5 Å². The number of hydrogen-bond acceptors (Lipinski definition) is 5. The highest BCUT2D eigenvalue weighted by molar-refractivity contribution is 5.95. The second-order valence-corrected chi connectivity index (χ2v) is 7.65. The van der Waals surface area contributed by atoms with Crippen molar-refractivity contribution in [1.82, 2.24) is 15.0 Å². The molecule has 154 valence electrons. The molecule has 1 fully saturated rings. The Labute approximate surface area is 175 Å². The van der Waals surface area contributed by atoms with Gasteiger partial charge in [0.2, 0.25) is 17.6 Å². The average molecular weight is 404 g/mol. The van der Waals surface area contributed by atoms with E-state index in [1.54, 1.807) is 24.3 Å². The fourth-order valence-corrected chi connectivity index (χ4v) is 3.63. The maximum Gasteiger partial charge on any atom is 0.253 e. The number of rotatable bonds is 4. The van der Waals surface area contributed by atoms with Crippen LogP contribution in [0.25, 0.3) is 11.4 Å². The molecule has 1 aliphatic heterocycles. The van der Waals surface area contributed by atoms with Gasteiger partial charge in [-0.15, -0.1) is 0 Å². The van der Waals surface area contributed by atoms with Gasteiger partial charge in [0.25, 0.3) is 5.91 Å². The van der Waals surface area contributed by atoms with Gasteiger partial charge in [-0.25, -0.2) is 0 Å². The zero-order valence-corrected chi connectivity index (χ0v) is 17.1. The Morgan fingerprint density at radius 1 is 1.03 bits per heavy atom. The van der Waals surface area contributed by atoms with E-state index in [4.69, 9.17) is 4.52 Å². The van der Waals surface area contributed by atoms with Gasteiger partial charge < -0.3 is 14.7 Å². The molecule has 4 rings (SSSR count). The molecule has 0 unspecified atom stereocenters. The van der Waals surface area contributed by atoms with E-state index < -0.39 is 0 Å². The first-order chi connectivity index (χ1) is 14.5. The van der Waals surface area contributed by atoms with Gasteiger partial charge >= 0.3 is 0 Å². The molecule has 7 nitrogen and oxygen atoms in total. The lowest BCUT2D eigenvalue weighted by molar-refractivity contribution is -0.114. The summed E-state index contributed by atoms with van der Waals surface area (Å²) in [6.07, 6.45) is 1.57. The molecular weight excluding hydrogens is 380 g/mol. The van der Waals surface area contributed by atoms with E-state index in [9.17, 15) is 9.59 Å². The minimum absolute atomic E-state index is 0.00583. The number of nitrogens with zero attached hydrogens (tertiary/aromatic N) is 3. The molecule has 0 spiro atoms. The average Bonchev–Trinajstić information content (AvgIpc) is 3.24. The van der Waals surface area contributed by atoms with E-state index in [0.29, 0.717) is 36.1 Å². The summed E-state index contributed by atoms with van der Waals surface area (Å²) in [5, 5.41) is 6.83. The Morgan fingerprint density at radius 3 is 2.33 bits per heavy atom. The summed E-state index contributed by atoms with van der Waals surface area (Å²) < 4.78 is 5.51. The number of hydrogen-bond donors (Lipinski definition) is 1. The summed E-state index contributed by atoms with van der Waals surface area (Å²) in [7, 11) is 0. The molecule has 2 heterocycles. The van der Waals surface area contributed by atoms with E-state index in [1.807, 2.05) is 36.1 Å². The quantitative estimate of drug-likeness (QED) is 0.709. The molecule has 1 aliphatic rings. The van der Waals surface area contributed by atoms with Crippen LogP contribution in [0.1, 0.15) is 47.5 Å². The molecule has 0 aliphatic carbocycles. The molecule has 0 bridgehead atoms. The Balaban J connectivity index is 1.36. The largest absolute Gasteiger partial charge is 0.339 e. The molecule has 0 saturated carbocycles. The summed E-state index contributed by atoms with van der Waals surface area (Å²) in [4.78, 5) is 30.3. The van der Waals surface area contributed by atoms with Gasteiger partial charge in [0.15, 0.2) is 0 Å². The zero-order valence-electron chi connectivity index (χ0n) is 17.1. The van der Waals surface area contributed by atoms with Crippen LogP contribution >= 0.6 is 0 Å². The first-order valence-electron chi connectivity index (χ1n) is 10.1. The van der Waals surface area contributed by atoms with Crippen molar-refractivity contribution in [3.63, 3.8) is 0 Å². The predicted molar refractivity (Wildman–Crippen MR) is 113 cm³/mol. The summed E-state index contributed by atoms with van der Waals surface area (Å²) in [6.45, 7) is 4.77. The van der Waals surface area contributed by atoms with Gasteiger partial charge in [-0.05, 0) is 44.0 Å². The Hall–Kier alpha value is -3.48. The number of aromatic nitrogens is 2. The molecule has 0 radical (unpaired) electrons. The lowest BCUT2D eigenvalue weighted by Crippen LogP contribution is -2.38. The fourth-order valence-electron chi connectivity index (χ4n) is 3.63. The van der Waals surface area contributed by atoms with Gasteiger partial charge in [0.1, 0.15) is 0 Å². The lowest BCUT2D eigenvalue weighted by atomic mass is 9.96. The van der Waals surface area contributed by atoms with Crippen LogP contribution in [-0.4, -0.2) is 39.9 Å². The van der Waals surface area contributed by atoms with Crippen molar-refractivity contribution in [2.45, 2.75) is 32.6 Å². The van der Waals surface area contributed by atoms with Crippen molar-refractivity contribution in [3.05, 3.63) is 65.5 Å². The highest BCUT2D eigenvalue weighted by Gasteiger charge is 2.28. The molecule has 7 heteroatoms. The molecule has 2 amide bonds. The molecule has 1 N–H and O–H groups in total. The van der Waals surface area contributed by atoms with Gasteiger partial charge in [-0.1, -0.05) is 35.0 Å². The van der Waals surface area contributed by atoms with Crippen LogP contribution < -0.4 is 5.32 Å². The van der Waals surface area contributed by atoms with Crippen LogP contribution in [0.4, 0.5) is 5.69 Å². The van der Waals surface area contributed by atoms with E-state index in [0.717, 1.165) is 18.4 Å². The molecule has 1 saturated heterocycles. The summed E-state index contributed by atoms with van der Waals surface area (Å²) >= 11 is 0. The number of carbonyl (C=O) groups is 2. The monoisotopic (exact) mass is 404 g/mol. The molecule has 30 heavy (non-hydrogen) atoms. The van der Waals surface area contributed by atoms with Gasteiger partial charge in [0.05, 0.1) is 0 Å². The molecule has 1 aromatic heterocycles. The number of likely N-dealkylation sites (tertiary alicyclic amines) is 1. The number of benzene rings is 2. The number of piperidine rings is 1. The fraction of sp³-hybridized carbons (Fsp3) is 0.304. The van der Waals surface area contributed by atoms with Gasteiger partial charge in [-0.3, -0.25) is 9.59 Å². The van der Waals surface area contributed by atoms with Gasteiger partial charge in [0, 0.05) is 42.7 Å². The Morgan fingerprint density at radius 2 is 1.70 bits per heavy atom.